The lowest BCUT2D eigenvalue weighted by Crippen LogP contribution is -2.39. The molecule has 1 aromatic heterocycles. The van der Waals surface area contributed by atoms with Crippen LogP contribution in [0, 0.1) is 0 Å². The van der Waals surface area contributed by atoms with Crippen LogP contribution in [0.4, 0.5) is 0 Å². The van der Waals surface area contributed by atoms with Crippen molar-refractivity contribution < 1.29 is 14.1 Å². The van der Waals surface area contributed by atoms with Gasteiger partial charge in [0.15, 0.2) is 0 Å². The zero-order valence-corrected chi connectivity index (χ0v) is 17.7. The molecule has 6 heteroatoms. The number of piperidine rings is 1. The monoisotopic (exact) mass is 405 g/mol. The second kappa shape index (κ2) is 8.69. The third-order valence-electron chi connectivity index (χ3n) is 5.67. The van der Waals surface area contributed by atoms with Gasteiger partial charge in [0, 0.05) is 24.2 Å². The van der Waals surface area contributed by atoms with Crippen molar-refractivity contribution in [2.45, 2.75) is 38.5 Å². The maximum atomic E-state index is 12.9. The van der Waals surface area contributed by atoms with Crippen molar-refractivity contribution in [1.29, 1.82) is 0 Å². The predicted molar refractivity (Wildman–Crippen MR) is 115 cm³/mol. The van der Waals surface area contributed by atoms with E-state index >= 15 is 0 Å². The van der Waals surface area contributed by atoms with Crippen LogP contribution in [0.3, 0.4) is 0 Å². The van der Waals surface area contributed by atoms with Gasteiger partial charge >= 0.3 is 0 Å². The van der Waals surface area contributed by atoms with E-state index in [1.165, 1.54) is 5.56 Å². The number of carbonyl (C=O) groups is 1. The highest BCUT2D eigenvalue weighted by Gasteiger charge is 2.29. The highest BCUT2D eigenvalue weighted by molar-refractivity contribution is 5.94. The van der Waals surface area contributed by atoms with Crippen LogP contribution < -0.4 is 4.74 Å². The van der Waals surface area contributed by atoms with Gasteiger partial charge in [0.25, 0.3) is 5.91 Å². The van der Waals surface area contributed by atoms with Gasteiger partial charge in [0.2, 0.25) is 11.7 Å². The molecule has 1 fully saturated rings. The van der Waals surface area contributed by atoms with Gasteiger partial charge in [-0.2, -0.15) is 4.98 Å². The number of rotatable bonds is 5. The summed E-state index contributed by atoms with van der Waals surface area (Å²) in [5.74, 6) is 2.49. The van der Waals surface area contributed by atoms with Gasteiger partial charge < -0.3 is 14.2 Å². The van der Waals surface area contributed by atoms with Crippen LogP contribution >= 0.6 is 0 Å². The number of methoxy groups -OCH3 is 1. The molecule has 2 heterocycles. The summed E-state index contributed by atoms with van der Waals surface area (Å²) in [4.78, 5) is 19.4. The van der Waals surface area contributed by atoms with Crippen LogP contribution in [0.1, 0.15) is 60.3 Å². The summed E-state index contributed by atoms with van der Waals surface area (Å²) in [6.07, 6.45) is 1.84. The normalized spacial score (nSPS) is 16.7. The number of benzene rings is 2. The number of amides is 1. The first kappa shape index (κ1) is 20.1. The van der Waals surface area contributed by atoms with Gasteiger partial charge in [-0.25, -0.2) is 0 Å². The molecule has 3 aromatic rings. The quantitative estimate of drug-likeness (QED) is 0.605. The van der Waals surface area contributed by atoms with Crippen LogP contribution in [0.2, 0.25) is 0 Å². The number of aromatic nitrogens is 2. The molecule has 0 saturated carbocycles. The molecule has 1 aliphatic heterocycles. The Labute approximate surface area is 176 Å². The fourth-order valence-electron chi connectivity index (χ4n) is 3.81. The highest BCUT2D eigenvalue weighted by atomic mass is 16.5. The zero-order chi connectivity index (χ0) is 21.1. The first-order chi connectivity index (χ1) is 14.5. The van der Waals surface area contributed by atoms with Crippen molar-refractivity contribution in [1.82, 2.24) is 15.0 Å². The van der Waals surface area contributed by atoms with E-state index in [4.69, 9.17) is 9.26 Å². The average Bonchev–Trinajstić information content (AvgIpc) is 3.29. The largest absolute Gasteiger partial charge is 0.497 e. The SMILES string of the molecule is COc1ccc(C(=O)N2CCC[C@@H](c3nc(-c4ccc(C(C)C)cc4)no3)C2)cc1. The third-order valence-corrected chi connectivity index (χ3v) is 5.67. The number of hydrogen-bond donors (Lipinski definition) is 0. The second-order valence-electron chi connectivity index (χ2n) is 8.05. The molecule has 156 valence electrons. The van der Waals surface area contributed by atoms with Crippen LogP contribution in [0.5, 0.6) is 5.75 Å². The second-order valence-corrected chi connectivity index (χ2v) is 8.05. The van der Waals surface area contributed by atoms with Crippen LogP contribution in [-0.2, 0) is 0 Å². The Hall–Kier alpha value is -3.15. The summed E-state index contributed by atoms with van der Waals surface area (Å²) in [5, 5.41) is 4.18. The lowest BCUT2D eigenvalue weighted by atomic mass is 9.97. The molecular formula is C24H27N3O3. The summed E-state index contributed by atoms with van der Waals surface area (Å²) in [6, 6.07) is 15.5. The fourth-order valence-corrected chi connectivity index (χ4v) is 3.81. The van der Waals surface area contributed by atoms with Crippen molar-refractivity contribution in [3.05, 3.63) is 65.5 Å². The predicted octanol–water partition coefficient (Wildman–Crippen LogP) is 4.89. The molecule has 0 aliphatic carbocycles. The van der Waals surface area contributed by atoms with Crippen molar-refractivity contribution in [2.24, 2.45) is 0 Å². The first-order valence-electron chi connectivity index (χ1n) is 10.4. The minimum atomic E-state index is 0.0198. The zero-order valence-electron chi connectivity index (χ0n) is 17.7. The summed E-state index contributed by atoms with van der Waals surface area (Å²) in [5.41, 5.74) is 2.88. The van der Waals surface area contributed by atoms with Crippen LogP contribution in [0.25, 0.3) is 11.4 Å². The molecule has 1 aliphatic rings. The number of hydrogen-bond acceptors (Lipinski definition) is 5. The van der Waals surface area contributed by atoms with E-state index in [-0.39, 0.29) is 11.8 Å². The molecule has 0 spiro atoms. The number of likely N-dealkylation sites (tertiary alicyclic amines) is 1. The van der Waals surface area contributed by atoms with Gasteiger partial charge in [-0.15, -0.1) is 0 Å². The smallest absolute Gasteiger partial charge is 0.253 e. The lowest BCUT2D eigenvalue weighted by Gasteiger charge is -2.31. The van der Waals surface area contributed by atoms with E-state index in [1.54, 1.807) is 19.2 Å². The van der Waals surface area contributed by atoms with Crippen LogP contribution in [-0.4, -0.2) is 41.1 Å². The number of carbonyl (C=O) groups excluding carboxylic acids is 1. The molecule has 6 nitrogen and oxygen atoms in total. The Morgan fingerprint density at radius 2 is 1.87 bits per heavy atom. The van der Waals surface area contributed by atoms with E-state index in [9.17, 15) is 4.79 Å². The standard InChI is InChI=1S/C24H27N3O3/c1-16(2)17-6-8-18(9-7-17)22-25-23(30-26-22)20-5-4-14-27(15-20)24(28)19-10-12-21(29-3)13-11-19/h6-13,16,20H,4-5,14-15H2,1-3H3/t20-/m1/s1. The molecule has 2 aromatic carbocycles. The Bertz CT molecular complexity index is 993. The van der Waals surface area contributed by atoms with Crippen molar-refractivity contribution in [3.63, 3.8) is 0 Å². The van der Waals surface area contributed by atoms with Crippen molar-refractivity contribution in [2.75, 3.05) is 20.2 Å². The molecule has 0 unspecified atom stereocenters. The molecular weight excluding hydrogens is 378 g/mol. The minimum absolute atomic E-state index is 0.0198. The summed E-state index contributed by atoms with van der Waals surface area (Å²) < 4.78 is 10.8. The van der Waals surface area contributed by atoms with Crippen LogP contribution in [0.15, 0.2) is 53.1 Å². The van der Waals surface area contributed by atoms with E-state index in [2.05, 4.69) is 36.1 Å². The lowest BCUT2D eigenvalue weighted by molar-refractivity contribution is 0.0695. The molecule has 0 bridgehead atoms. The van der Waals surface area contributed by atoms with E-state index in [0.717, 1.165) is 30.7 Å². The minimum Gasteiger partial charge on any atom is -0.497 e. The summed E-state index contributed by atoms with van der Waals surface area (Å²) >= 11 is 0. The summed E-state index contributed by atoms with van der Waals surface area (Å²) in [7, 11) is 1.61. The van der Waals surface area contributed by atoms with Crippen molar-refractivity contribution in [3.8, 4) is 17.1 Å². The Balaban J connectivity index is 1.46. The van der Waals surface area contributed by atoms with E-state index < -0.39 is 0 Å². The van der Waals surface area contributed by atoms with Gasteiger partial charge in [-0.05, 0) is 48.6 Å². The number of ether oxygens (including phenoxy) is 1. The third kappa shape index (κ3) is 4.22. The number of nitrogens with zero attached hydrogens (tertiary/aromatic N) is 3. The molecule has 0 N–H and O–H groups in total. The summed E-state index contributed by atoms with van der Waals surface area (Å²) in [6.45, 7) is 5.66. The van der Waals surface area contributed by atoms with Gasteiger partial charge in [-0.1, -0.05) is 43.3 Å². The van der Waals surface area contributed by atoms with Gasteiger partial charge in [0.05, 0.1) is 13.0 Å². The molecule has 0 radical (unpaired) electrons. The Morgan fingerprint density at radius 3 is 2.53 bits per heavy atom. The first-order valence-corrected chi connectivity index (χ1v) is 10.4. The molecule has 1 saturated heterocycles. The average molecular weight is 405 g/mol. The molecule has 30 heavy (non-hydrogen) atoms. The topological polar surface area (TPSA) is 68.5 Å². The Morgan fingerprint density at radius 1 is 1.13 bits per heavy atom. The van der Waals surface area contributed by atoms with Gasteiger partial charge in [-0.3, -0.25) is 4.79 Å². The van der Waals surface area contributed by atoms with E-state index in [1.807, 2.05) is 29.2 Å². The molecule has 1 atom stereocenters. The maximum Gasteiger partial charge on any atom is 0.253 e. The van der Waals surface area contributed by atoms with E-state index in [0.29, 0.717) is 29.7 Å². The molecule has 1 amide bonds. The maximum absolute atomic E-state index is 12.9. The van der Waals surface area contributed by atoms with Crippen molar-refractivity contribution >= 4 is 5.91 Å². The molecule has 4 rings (SSSR count). The van der Waals surface area contributed by atoms with Gasteiger partial charge in [0.1, 0.15) is 5.75 Å². The Kier molecular flexibility index (Phi) is 5.84. The fraction of sp³-hybridized carbons (Fsp3) is 0.375. The highest BCUT2D eigenvalue weighted by Crippen LogP contribution is 2.29.